The van der Waals surface area contributed by atoms with Crippen molar-refractivity contribution in [1.82, 2.24) is 4.90 Å². The van der Waals surface area contributed by atoms with Crippen LogP contribution in [0.1, 0.15) is 27.7 Å². The van der Waals surface area contributed by atoms with Crippen LogP contribution in [0.2, 0.25) is 0 Å². The Morgan fingerprint density at radius 2 is 1.92 bits per heavy atom. The molecule has 1 aliphatic heterocycles. The van der Waals surface area contributed by atoms with Crippen molar-refractivity contribution in [3.05, 3.63) is 0 Å². The van der Waals surface area contributed by atoms with E-state index in [0.29, 0.717) is 0 Å². The topological polar surface area (TPSA) is 23.5 Å². The maximum Gasteiger partial charge on any atom is 0.0715 e. The lowest BCUT2D eigenvalue weighted by atomic mass is 9.88. The molecule has 0 aromatic rings. The molecule has 1 rings (SSSR count). The molecule has 1 saturated heterocycles. The largest absolute Gasteiger partial charge is 0.391 e. The molecule has 2 nitrogen and oxygen atoms in total. The summed E-state index contributed by atoms with van der Waals surface area (Å²) in [4.78, 5) is 2.32. The Labute approximate surface area is 75.6 Å². The number of rotatable bonds is 2. The highest BCUT2D eigenvalue weighted by atomic mass is 16.3. The molecule has 0 amide bonds. The molecule has 1 heterocycles. The molecular weight excluding hydrogens is 150 g/mol. The predicted octanol–water partition coefficient (Wildman–Crippen LogP) is 1.35. The smallest absolute Gasteiger partial charge is 0.0715 e. The standard InChI is InChI=1S/C10H21NO/c1-8-5-11(6-8)7-9(12)10(2,3)4/h8-9,12H,5-7H2,1-4H3. The summed E-state index contributed by atoms with van der Waals surface area (Å²) < 4.78 is 0. The fourth-order valence-electron chi connectivity index (χ4n) is 1.50. The maximum atomic E-state index is 9.77. The normalized spacial score (nSPS) is 23.8. The van der Waals surface area contributed by atoms with E-state index in [4.69, 9.17) is 0 Å². The average Bonchev–Trinajstić information content (AvgIpc) is 1.82. The molecule has 0 radical (unpaired) electrons. The van der Waals surface area contributed by atoms with Gasteiger partial charge in [-0.1, -0.05) is 27.7 Å². The van der Waals surface area contributed by atoms with E-state index in [1.165, 1.54) is 0 Å². The van der Waals surface area contributed by atoms with E-state index in [1.807, 2.05) is 0 Å². The van der Waals surface area contributed by atoms with Crippen LogP contribution in [0.4, 0.5) is 0 Å². The first-order valence-electron chi connectivity index (χ1n) is 4.80. The van der Waals surface area contributed by atoms with Crippen molar-refractivity contribution in [2.45, 2.75) is 33.8 Å². The van der Waals surface area contributed by atoms with Gasteiger partial charge in [0.2, 0.25) is 0 Å². The van der Waals surface area contributed by atoms with Crippen LogP contribution in [0, 0.1) is 11.3 Å². The molecule has 1 atom stereocenters. The number of nitrogens with zero attached hydrogens (tertiary/aromatic N) is 1. The minimum atomic E-state index is -0.190. The summed E-state index contributed by atoms with van der Waals surface area (Å²) in [7, 11) is 0. The van der Waals surface area contributed by atoms with Crippen LogP contribution in [-0.2, 0) is 0 Å². The van der Waals surface area contributed by atoms with E-state index in [-0.39, 0.29) is 11.5 Å². The van der Waals surface area contributed by atoms with Crippen molar-refractivity contribution >= 4 is 0 Å². The van der Waals surface area contributed by atoms with Gasteiger partial charge in [0.05, 0.1) is 6.10 Å². The maximum absolute atomic E-state index is 9.77. The van der Waals surface area contributed by atoms with Gasteiger partial charge in [0.1, 0.15) is 0 Å². The van der Waals surface area contributed by atoms with Gasteiger partial charge in [-0.2, -0.15) is 0 Å². The van der Waals surface area contributed by atoms with Crippen LogP contribution in [0.3, 0.4) is 0 Å². The molecule has 12 heavy (non-hydrogen) atoms. The van der Waals surface area contributed by atoms with Crippen LogP contribution in [-0.4, -0.2) is 35.7 Å². The zero-order chi connectivity index (χ0) is 9.35. The van der Waals surface area contributed by atoms with Crippen molar-refractivity contribution in [3.8, 4) is 0 Å². The molecule has 1 unspecified atom stereocenters. The molecule has 1 N–H and O–H groups in total. The highest BCUT2D eigenvalue weighted by Gasteiger charge is 2.29. The predicted molar refractivity (Wildman–Crippen MR) is 51.1 cm³/mol. The molecule has 1 aliphatic rings. The van der Waals surface area contributed by atoms with E-state index in [9.17, 15) is 5.11 Å². The summed E-state index contributed by atoms with van der Waals surface area (Å²) in [6.07, 6.45) is -0.190. The van der Waals surface area contributed by atoms with Crippen LogP contribution in [0.15, 0.2) is 0 Å². The second-order valence-electron chi connectivity index (χ2n) is 5.21. The molecule has 2 heteroatoms. The summed E-state index contributed by atoms with van der Waals surface area (Å²) in [6, 6.07) is 0. The lowest BCUT2D eigenvalue weighted by Crippen LogP contribution is -2.50. The quantitative estimate of drug-likeness (QED) is 0.678. The minimum absolute atomic E-state index is 0.0266. The number of hydrogen-bond acceptors (Lipinski definition) is 2. The second kappa shape index (κ2) is 3.35. The Morgan fingerprint density at radius 1 is 1.42 bits per heavy atom. The molecule has 72 valence electrons. The number of aliphatic hydroxyl groups is 1. The number of likely N-dealkylation sites (tertiary alicyclic amines) is 1. The highest BCUT2D eigenvalue weighted by Crippen LogP contribution is 2.22. The van der Waals surface area contributed by atoms with Gasteiger partial charge >= 0.3 is 0 Å². The van der Waals surface area contributed by atoms with E-state index >= 15 is 0 Å². The van der Waals surface area contributed by atoms with Crippen molar-refractivity contribution in [2.24, 2.45) is 11.3 Å². The van der Waals surface area contributed by atoms with Crippen LogP contribution in [0.25, 0.3) is 0 Å². The summed E-state index contributed by atoms with van der Waals surface area (Å²) >= 11 is 0. The fraction of sp³-hybridized carbons (Fsp3) is 1.00. The Balaban J connectivity index is 2.23. The third-order valence-corrected chi connectivity index (χ3v) is 2.57. The van der Waals surface area contributed by atoms with Crippen LogP contribution < -0.4 is 0 Å². The Bertz CT molecular complexity index is 144. The molecule has 0 saturated carbocycles. The third kappa shape index (κ3) is 2.46. The first kappa shape index (κ1) is 10.0. The highest BCUT2D eigenvalue weighted by molar-refractivity contribution is 4.82. The molecule has 1 fully saturated rings. The summed E-state index contributed by atoms with van der Waals surface area (Å²) in [5.74, 6) is 0.831. The molecule has 0 aliphatic carbocycles. The molecule has 0 aromatic heterocycles. The van der Waals surface area contributed by atoms with Crippen LogP contribution in [0.5, 0.6) is 0 Å². The Morgan fingerprint density at radius 3 is 2.25 bits per heavy atom. The first-order valence-corrected chi connectivity index (χ1v) is 4.80. The summed E-state index contributed by atoms with van der Waals surface area (Å²) in [5, 5.41) is 9.77. The SMILES string of the molecule is CC1CN(CC(O)C(C)(C)C)C1. The van der Waals surface area contributed by atoms with Crippen molar-refractivity contribution in [2.75, 3.05) is 19.6 Å². The van der Waals surface area contributed by atoms with E-state index in [0.717, 1.165) is 25.6 Å². The van der Waals surface area contributed by atoms with Gasteiger partial charge < -0.3 is 10.0 Å². The van der Waals surface area contributed by atoms with Gasteiger partial charge in [0.25, 0.3) is 0 Å². The molecule has 0 spiro atoms. The van der Waals surface area contributed by atoms with Crippen molar-refractivity contribution in [3.63, 3.8) is 0 Å². The molecular formula is C10H21NO. The first-order chi connectivity index (χ1) is 5.39. The zero-order valence-electron chi connectivity index (χ0n) is 8.67. The third-order valence-electron chi connectivity index (χ3n) is 2.57. The van der Waals surface area contributed by atoms with E-state index in [2.05, 4.69) is 32.6 Å². The Hall–Kier alpha value is -0.0800. The summed E-state index contributed by atoms with van der Waals surface area (Å²) in [5.41, 5.74) is 0.0266. The van der Waals surface area contributed by atoms with Crippen molar-refractivity contribution < 1.29 is 5.11 Å². The fourth-order valence-corrected chi connectivity index (χ4v) is 1.50. The summed E-state index contributed by atoms with van der Waals surface area (Å²) in [6.45, 7) is 11.7. The lowest BCUT2D eigenvalue weighted by Gasteiger charge is -2.40. The minimum Gasteiger partial charge on any atom is -0.391 e. The van der Waals surface area contributed by atoms with Gasteiger partial charge in [-0.05, 0) is 11.3 Å². The van der Waals surface area contributed by atoms with Gasteiger partial charge in [0, 0.05) is 19.6 Å². The monoisotopic (exact) mass is 171 g/mol. The lowest BCUT2D eigenvalue weighted by molar-refractivity contribution is -0.00515. The van der Waals surface area contributed by atoms with Gasteiger partial charge in [-0.3, -0.25) is 0 Å². The van der Waals surface area contributed by atoms with E-state index < -0.39 is 0 Å². The van der Waals surface area contributed by atoms with Gasteiger partial charge in [0.15, 0.2) is 0 Å². The molecule has 0 aromatic carbocycles. The van der Waals surface area contributed by atoms with Crippen LogP contribution >= 0.6 is 0 Å². The number of aliphatic hydroxyl groups excluding tert-OH is 1. The van der Waals surface area contributed by atoms with Gasteiger partial charge in [-0.25, -0.2) is 0 Å². The average molecular weight is 171 g/mol. The van der Waals surface area contributed by atoms with Gasteiger partial charge in [-0.15, -0.1) is 0 Å². The molecule has 0 bridgehead atoms. The Kier molecular flexibility index (Phi) is 2.79. The zero-order valence-corrected chi connectivity index (χ0v) is 8.67. The number of hydrogen-bond donors (Lipinski definition) is 1. The number of β-amino-alcohol motifs (C(OH)–C–C–N with tert-alkyl or cyclic N) is 1. The van der Waals surface area contributed by atoms with E-state index in [1.54, 1.807) is 0 Å². The second-order valence-corrected chi connectivity index (χ2v) is 5.21. The van der Waals surface area contributed by atoms with Crippen molar-refractivity contribution in [1.29, 1.82) is 0 Å².